The van der Waals surface area contributed by atoms with Gasteiger partial charge < -0.3 is 4.74 Å². The highest BCUT2D eigenvalue weighted by Gasteiger charge is 2.19. The predicted octanol–water partition coefficient (Wildman–Crippen LogP) is 7.39. The highest BCUT2D eigenvalue weighted by Crippen LogP contribution is 2.30. The predicted molar refractivity (Wildman–Crippen MR) is 126 cm³/mol. The maximum atomic E-state index is 14.0. The van der Waals surface area contributed by atoms with Crippen LogP contribution >= 0.6 is 0 Å². The van der Waals surface area contributed by atoms with E-state index in [0.29, 0.717) is 11.5 Å². The van der Waals surface area contributed by atoms with Crippen LogP contribution in [0.4, 0.5) is 8.78 Å². The fraction of sp³-hybridized carbons (Fsp3) is 0.310. The quantitative estimate of drug-likeness (QED) is 0.354. The molecule has 32 heavy (non-hydrogen) atoms. The third-order valence-corrected chi connectivity index (χ3v) is 6.36. The molecular weight excluding hydrogens is 402 g/mol. The highest BCUT2D eigenvalue weighted by atomic mass is 19.2. The molecule has 0 heterocycles. The van der Waals surface area contributed by atoms with Gasteiger partial charge in [0, 0.05) is 11.5 Å². The number of benzene rings is 3. The van der Waals surface area contributed by atoms with Crippen molar-refractivity contribution in [3.8, 4) is 0 Å². The Morgan fingerprint density at radius 2 is 1.41 bits per heavy atom. The molecule has 2 atom stereocenters. The van der Waals surface area contributed by atoms with E-state index < -0.39 is 11.6 Å². The fourth-order valence-electron chi connectivity index (χ4n) is 4.18. The molecule has 1 nitrogen and oxygen atoms in total. The van der Waals surface area contributed by atoms with Gasteiger partial charge in [0.1, 0.15) is 0 Å². The van der Waals surface area contributed by atoms with Gasteiger partial charge in [-0.1, -0.05) is 78.4 Å². The third-order valence-electron chi connectivity index (χ3n) is 6.36. The van der Waals surface area contributed by atoms with Crippen molar-refractivity contribution in [1.82, 2.24) is 0 Å². The first-order valence-electron chi connectivity index (χ1n) is 11.4. The van der Waals surface area contributed by atoms with Crippen molar-refractivity contribution < 1.29 is 13.5 Å². The van der Waals surface area contributed by atoms with Crippen molar-refractivity contribution in [2.45, 2.75) is 58.2 Å². The van der Waals surface area contributed by atoms with Crippen molar-refractivity contribution in [3.05, 3.63) is 118 Å². The average molecular weight is 433 g/mol. The smallest absolute Gasteiger partial charge is 0.164 e. The molecule has 3 heteroatoms. The molecule has 1 aliphatic carbocycles. The summed E-state index contributed by atoms with van der Waals surface area (Å²) >= 11 is 0. The molecule has 3 aromatic carbocycles. The van der Waals surface area contributed by atoms with Crippen LogP contribution in [0.15, 0.2) is 72.8 Å². The van der Waals surface area contributed by atoms with Crippen LogP contribution in [0.1, 0.15) is 52.1 Å². The molecule has 4 rings (SSSR count). The lowest BCUT2D eigenvalue weighted by molar-refractivity contribution is 0.0591. The average Bonchev–Trinajstić information content (AvgIpc) is 2.82. The van der Waals surface area contributed by atoms with E-state index in [0.717, 1.165) is 25.7 Å². The van der Waals surface area contributed by atoms with Gasteiger partial charge in [-0.15, -0.1) is 0 Å². The van der Waals surface area contributed by atoms with Gasteiger partial charge in [-0.05, 0) is 61.8 Å². The molecule has 0 N–H and O–H groups in total. The molecule has 2 unspecified atom stereocenters. The first-order valence-corrected chi connectivity index (χ1v) is 11.4. The van der Waals surface area contributed by atoms with Crippen molar-refractivity contribution in [1.29, 1.82) is 0 Å². The van der Waals surface area contributed by atoms with Gasteiger partial charge in [0.15, 0.2) is 11.6 Å². The molecule has 0 spiro atoms. The molecule has 1 aliphatic rings. The molecule has 0 saturated carbocycles. The van der Waals surface area contributed by atoms with E-state index in [-0.39, 0.29) is 18.3 Å². The minimum absolute atomic E-state index is 0.0659. The Bertz CT molecular complexity index is 1070. The van der Waals surface area contributed by atoms with E-state index in [1.165, 1.54) is 22.3 Å². The molecule has 166 valence electrons. The summed E-state index contributed by atoms with van der Waals surface area (Å²) in [5, 5.41) is 0. The largest absolute Gasteiger partial charge is 0.369 e. The zero-order valence-electron chi connectivity index (χ0n) is 18.8. The lowest BCUT2D eigenvalue weighted by atomic mass is 9.87. The normalized spacial score (nSPS) is 18.1. The van der Waals surface area contributed by atoms with Crippen LogP contribution in [0.25, 0.3) is 0 Å². The molecule has 3 aromatic rings. The van der Waals surface area contributed by atoms with Crippen LogP contribution in [-0.4, -0.2) is 6.10 Å². The number of ether oxygens (including phenoxy) is 1. The maximum Gasteiger partial charge on any atom is 0.164 e. The van der Waals surface area contributed by atoms with Crippen molar-refractivity contribution in [2.24, 2.45) is 0 Å². The molecule has 0 fully saturated rings. The van der Waals surface area contributed by atoms with Gasteiger partial charge in [-0.3, -0.25) is 0 Å². The Balaban J connectivity index is 1.29. The van der Waals surface area contributed by atoms with Crippen LogP contribution in [0, 0.1) is 25.5 Å². The van der Waals surface area contributed by atoms with Crippen molar-refractivity contribution >= 4 is 0 Å². The van der Waals surface area contributed by atoms with E-state index in [4.69, 9.17) is 4.74 Å². The zero-order valence-corrected chi connectivity index (χ0v) is 18.8. The van der Waals surface area contributed by atoms with Crippen molar-refractivity contribution in [2.75, 3.05) is 0 Å². The number of allylic oxidation sites excluding steroid dienone is 1. The third kappa shape index (κ3) is 5.52. The van der Waals surface area contributed by atoms with Gasteiger partial charge in [0.25, 0.3) is 0 Å². The van der Waals surface area contributed by atoms with Crippen LogP contribution in [0.3, 0.4) is 0 Å². The van der Waals surface area contributed by atoms with Gasteiger partial charge >= 0.3 is 0 Å². The van der Waals surface area contributed by atoms with E-state index in [9.17, 15) is 8.78 Å². The summed E-state index contributed by atoms with van der Waals surface area (Å²) in [6.07, 6.45) is 8.11. The molecule has 0 radical (unpaired) electrons. The fourth-order valence-corrected chi connectivity index (χ4v) is 4.18. The van der Waals surface area contributed by atoms with E-state index in [1.54, 1.807) is 19.1 Å². The minimum atomic E-state index is -0.801. The summed E-state index contributed by atoms with van der Waals surface area (Å²) in [7, 11) is 0. The zero-order chi connectivity index (χ0) is 22.5. The highest BCUT2D eigenvalue weighted by molar-refractivity contribution is 5.31. The Hall–Kier alpha value is -2.78. The van der Waals surface area contributed by atoms with Gasteiger partial charge in [-0.25, -0.2) is 8.78 Å². The lowest BCUT2D eigenvalue weighted by Crippen LogP contribution is -2.16. The lowest BCUT2D eigenvalue weighted by Gasteiger charge is -2.24. The molecular formula is C29H30F2O. The van der Waals surface area contributed by atoms with Crippen LogP contribution in [-0.2, 0) is 24.2 Å². The Morgan fingerprint density at radius 3 is 2.03 bits per heavy atom. The maximum absolute atomic E-state index is 14.0. The Kier molecular flexibility index (Phi) is 7.16. The number of hydrogen-bond acceptors (Lipinski definition) is 1. The minimum Gasteiger partial charge on any atom is -0.369 e. The molecule has 0 aliphatic heterocycles. The second-order valence-corrected chi connectivity index (χ2v) is 8.81. The Morgan fingerprint density at radius 1 is 0.750 bits per heavy atom. The number of halogens is 2. The van der Waals surface area contributed by atoms with Crippen LogP contribution < -0.4 is 0 Å². The summed E-state index contributed by atoms with van der Waals surface area (Å²) in [6.45, 7) is 3.75. The van der Waals surface area contributed by atoms with Crippen molar-refractivity contribution in [3.63, 3.8) is 0 Å². The molecule has 0 bridgehead atoms. The standard InChI is InChI=1S/C29H30F2O/c1-20-3-6-22(7-4-20)8-9-23-10-13-24(14-11-23)25-15-17-27(18-16-25)32-19-26-12-5-21(2)28(30)29(26)31/h3-7,10-15,17,25,27H,8-9,16,18-19H2,1-2H3. The second kappa shape index (κ2) is 10.2. The first-order chi connectivity index (χ1) is 15.5. The van der Waals surface area contributed by atoms with E-state index >= 15 is 0 Å². The topological polar surface area (TPSA) is 9.23 Å². The number of aryl methyl sites for hydroxylation is 4. The van der Waals surface area contributed by atoms with Crippen LogP contribution in [0.2, 0.25) is 0 Å². The molecule has 0 saturated heterocycles. The Labute approximate surface area is 189 Å². The SMILES string of the molecule is Cc1ccc(CCc2ccc(C3C=CC(OCc4ccc(C)c(F)c4F)CC3)cc2)cc1. The van der Waals surface area contributed by atoms with E-state index in [2.05, 4.69) is 67.6 Å². The molecule has 0 aromatic heterocycles. The monoisotopic (exact) mass is 432 g/mol. The summed E-state index contributed by atoms with van der Waals surface area (Å²) < 4.78 is 33.6. The van der Waals surface area contributed by atoms with E-state index in [1.807, 2.05) is 0 Å². The summed E-state index contributed by atoms with van der Waals surface area (Å²) in [4.78, 5) is 0. The summed E-state index contributed by atoms with van der Waals surface area (Å²) in [5.41, 5.74) is 5.91. The first kappa shape index (κ1) is 22.4. The summed E-state index contributed by atoms with van der Waals surface area (Å²) in [5.74, 6) is -1.22. The number of hydrogen-bond donors (Lipinski definition) is 0. The number of rotatable bonds is 7. The van der Waals surface area contributed by atoms with Gasteiger partial charge in [0.2, 0.25) is 0 Å². The van der Waals surface area contributed by atoms with Gasteiger partial charge in [0.05, 0.1) is 12.7 Å². The molecule has 0 amide bonds. The van der Waals surface area contributed by atoms with Crippen LogP contribution in [0.5, 0.6) is 0 Å². The summed E-state index contributed by atoms with van der Waals surface area (Å²) in [6, 6.07) is 20.9. The second-order valence-electron chi connectivity index (χ2n) is 8.81. The van der Waals surface area contributed by atoms with Gasteiger partial charge in [-0.2, -0.15) is 0 Å².